The summed E-state index contributed by atoms with van der Waals surface area (Å²) in [6.45, 7) is 2.40. The molecule has 6 aromatic rings. The first-order valence-corrected chi connectivity index (χ1v) is 20.4. The first-order valence-electron chi connectivity index (χ1n) is 17.3. The summed E-state index contributed by atoms with van der Waals surface area (Å²) < 4.78 is 76.8. The number of rotatable bonds is 14. The van der Waals surface area contributed by atoms with Crippen molar-refractivity contribution in [2.45, 2.75) is 41.5 Å². The van der Waals surface area contributed by atoms with E-state index in [2.05, 4.69) is 35.4 Å². The number of benzene rings is 4. The monoisotopic (exact) mass is 786 g/mol. The maximum absolute atomic E-state index is 14.8. The molecule has 55 heavy (non-hydrogen) atoms. The van der Waals surface area contributed by atoms with Gasteiger partial charge in [0.05, 0.1) is 54.1 Å². The van der Waals surface area contributed by atoms with E-state index in [1.807, 2.05) is 12.1 Å². The summed E-state index contributed by atoms with van der Waals surface area (Å²) in [6, 6.07) is 21.9. The fourth-order valence-corrected chi connectivity index (χ4v) is 10.1. The SMILES string of the molecule is CCOC(=O)c1nc2cccc(-c3ccc(S(=O)(=O)C4CCNC4)c(S(=O)(=O)NCc4ccc(OC)cc4)c3-c3nnn(Cc4ccc(OC)cc4)n3)c2[nH]1. The van der Waals surface area contributed by atoms with Gasteiger partial charge in [0.25, 0.3) is 0 Å². The van der Waals surface area contributed by atoms with E-state index in [0.29, 0.717) is 46.6 Å². The molecule has 2 aromatic heterocycles. The van der Waals surface area contributed by atoms with Crippen molar-refractivity contribution in [3.63, 3.8) is 0 Å². The minimum atomic E-state index is -4.66. The molecule has 286 valence electrons. The number of H-pyrrole nitrogens is 1. The molecular formula is C37H38N8O8S2. The average molecular weight is 787 g/mol. The van der Waals surface area contributed by atoms with Crippen LogP contribution in [0.5, 0.6) is 11.5 Å². The van der Waals surface area contributed by atoms with Crippen molar-refractivity contribution in [2.24, 2.45) is 0 Å². The number of fused-ring (bicyclic) bond motifs is 1. The van der Waals surface area contributed by atoms with Crippen LogP contribution in [-0.4, -0.2) is 92.1 Å². The maximum Gasteiger partial charge on any atom is 0.374 e. The van der Waals surface area contributed by atoms with Gasteiger partial charge in [-0.25, -0.2) is 31.3 Å². The molecule has 4 aromatic carbocycles. The van der Waals surface area contributed by atoms with Crippen molar-refractivity contribution < 1.29 is 35.8 Å². The van der Waals surface area contributed by atoms with Gasteiger partial charge in [-0.15, -0.1) is 10.2 Å². The Morgan fingerprint density at radius 1 is 0.909 bits per heavy atom. The number of imidazole rings is 1. The molecule has 0 aliphatic carbocycles. The number of carbonyl (C=O) groups is 1. The van der Waals surface area contributed by atoms with Gasteiger partial charge in [0, 0.05) is 18.7 Å². The molecule has 1 aliphatic heterocycles. The number of nitrogens with zero attached hydrogens (tertiary/aromatic N) is 5. The van der Waals surface area contributed by atoms with Crippen LogP contribution in [0.1, 0.15) is 35.1 Å². The number of hydrogen-bond donors (Lipinski definition) is 3. The van der Waals surface area contributed by atoms with Crippen LogP contribution >= 0.6 is 0 Å². The lowest BCUT2D eigenvalue weighted by Gasteiger charge is -2.20. The van der Waals surface area contributed by atoms with Gasteiger partial charge in [0.15, 0.2) is 9.84 Å². The van der Waals surface area contributed by atoms with Gasteiger partial charge < -0.3 is 24.5 Å². The van der Waals surface area contributed by atoms with Gasteiger partial charge in [0.2, 0.25) is 21.7 Å². The highest BCUT2D eigenvalue weighted by atomic mass is 32.2. The number of tetrazole rings is 1. The molecule has 3 N–H and O–H groups in total. The van der Waals surface area contributed by atoms with Crippen LogP contribution in [0.4, 0.5) is 0 Å². The summed E-state index contributed by atoms with van der Waals surface area (Å²) in [4.78, 5) is 20.5. The van der Waals surface area contributed by atoms with Gasteiger partial charge in [0.1, 0.15) is 16.4 Å². The van der Waals surface area contributed by atoms with E-state index in [1.54, 1.807) is 68.6 Å². The molecule has 1 unspecified atom stereocenters. The highest BCUT2D eigenvalue weighted by Gasteiger charge is 2.39. The highest BCUT2D eigenvalue weighted by molar-refractivity contribution is 7.94. The zero-order valence-corrected chi connectivity index (χ0v) is 31.8. The molecule has 16 nitrogen and oxygen atoms in total. The van der Waals surface area contributed by atoms with Crippen LogP contribution in [0.3, 0.4) is 0 Å². The molecule has 0 spiro atoms. The third-order valence-corrected chi connectivity index (χ3v) is 13.1. The maximum atomic E-state index is 14.8. The molecule has 3 heterocycles. The minimum absolute atomic E-state index is 0.0589. The van der Waals surface area contributed by atoms with Crippen LogP contribution in [0.25, 0.3) is 33.5 Å². The highest BCUT2D eigenvalue weighted by Crippen LogP contribution is 2.42. The van der Waals surface area contributed by atoms with Crippen LogP contribution in [-0.2, 0) is 37.7 Å². The largest absolute Gasteiger partial charge is 0.497 e. The lowest BCUT2D eigenvalue weighted by atomic mass is 9.98. The Morgan fingerprint density at radius 3 is 2.27 bits per heavy atom. The summed E-state index contributed by atoms with van der Waals surface area (Å²) in [5, 5.41) is 15.4. The molecule has 1 fully saturated rings. The second-order valence-corrected chi connectivity index (χ2v) is 16.5. The van der Waals surface area contributed by atoms with Gasteiger partial charge in [-0.2, -0.15) is 4.80 Å². The lowest BCUT2D eigenvalue weighted by molar-refractivity contribution is 0.0513. The zero-order valence-electron chi connectivity index (χ0n) is 30.1. The number of carbonyl (C=O) groups excluding carboxylic acids is 1. The Bertz CT molecular complexity index is 2570. The Labute approximate surface area is 317 Å². The number of ether oxygens (including phenoxy) is 3. The summed E-state index contributed by atoms with van der Waals surface area (Å²) >= 11 is 0. The number of para-hydroxylation sites is 1. The van der Waals surface area contributed by atoms with E-state index in [4.69, 9.17) is 14.2 Å². The Balaban J connectivity index is 1.45. The number of esters is 1. The summed E-state index contributed by atoms with van der Waals surface area (Å²) in [5.74, 6) is 0.370. The molecule has 1 saturated heterocycles. The standard InChI is InChI=1S/C37H38N8O8S2/c1-4-53-37(46)36-40-30-7-5-6-29(33(30)41-36)28-16-17-31(54(47,48)27-18-19-38-21-27)34(55(49,50)39-20-23-8-12-25(51-2)13-9-23)32(28)35-42-44-45(43-35)22-24-10-14-26(52-3)15-11-24/h5-17,27,38-39H,4,18-22H2,1-3H3,(H,40,41). The van der Waals surface area contributed by atoms with Crippen LogP contribution < -0.4 is 19.5 Å². The average Bonchev–Trinajstić information content (AvgIpc) is 3.99. The van der Waals surface area contributed by atoms with E-state index in [0.717, 1.165) is 5.56 Å². The predicted molar refractivity (Wildman–Crippen MR) is 202 cm³/mol. The van der Waals surface area contributed by atoms with Gasteiger partial charge >= 0.3 is 5.97 Å². The first-order chi connectivity index (χ1) is 26.5. The summed E-state index contributed by atoms with van der Waals surface area (Å²) in [7, 11) is -5.83. The zero-order chi connectivity index (χ0) is 38.7. The molecule has 0 amide bonds. The second kappa shape index (κ2) is 15.6. The summed E-state index contributed by atoms with van der Waals surface area (Å²) in [5.41, 5.74) is 2.72. The van der Waals surface area contributed by atoms with Gasteiger partial charge in [-0.05, 0) is 78.2 Å². The molecule has 1 atom stereocenters. The summed E-state index contributed by atoms with van der Waals surface area (Å²) in [6.07, 6.45) is 0.290. The Morgan fingerprint density at radius 2 is 1.62 bits per heavy atom. The Hall–Kier alpha value is -5.69. The molecule has 18 heteroatoms. The van der Waals surface area contributed by atoms with Crippen molar-refractivity contribution in [2.75, 3.05) is 33.9 Å². The van der Waals surface area contributed by atoms with Crippen molar-refractivity contribution in [1.29, 1.82) is 0 Å². The van der Waals surface area contributed by atoms with Crippen molar-refractivity contribution >= 4 is 36.9 Å². The number of hydrogen-bond acceptors (Lipinski definition) is 13. The van der Waals surface area contributed by atoms with E-state index in [1.165, 1.54) is 24.0 Å². The number of sulfone groups is 1. The molecular weight excluding hydrogens is 749 g/mol. The fourth-order valence-electron chi connectivity index (χ4n) is 6.42. The smallest absolute Gasteiger partial charge is 0.374 e. The van der Waals surface area contributed by atoms with E-state index < -0.39 is 40.9 Å². The Kier molecular flexibility index (Phi) is 10.7. The number of aromatic nitrogens is 6. The van der Waals surface area contributed by atoms with E-state index in [9.17, 15) is 21.6 Å². The quantitative estimate of drug-likeness (QED) is 0.135. The predicted octanol–water partition coefficient (Wildman–Crippen LogP) is 3.74. The van der Waals surface area contributed by atoms with Crippen molar-refractivity contribution in [1.82, 2.24) is 40.2 Å². The van der Waals surface area contributed by atoms with Crippen LogP contribution in [0.2, 0.25) is 0 Å². The third kappa shape index (κ3) is 7.66. The third-order valence-electron chi connectivity index (χ3n) is 9.21. The molecule has 0 saturated carbocycles. The second-order valence-electron chi connectivity index (χ2n) is 12.6. The molecule has 0 radical (unpaired) electrons. The van der Waals surface area contributed by atoms with Gasteiger partial charge in [-0.1, -0.05) is 42.5 Å². The number of methoxy groups -OCH3 is 2. The molecule has 1 aliphatic rings. The van der Waals surface area contributed by atoms with Crippen molar-refractivity contribution in [3.05, 3.63) is 95.8 Å². The number of sulfonamides is 1. The normalized spacial score (nSPS) is 14.6. The lowest BCUT2D eigenvalue weighted by Crippen LogP contribution is -2.30. The van der Waals surface area contributed by atoms with E-state index in [-0.39, 0.29) is 49.0 Å². The van der Waals surface area contributed by atoms with Crippen molar-refractivity contribution in [3.8, 4) is 34.0 Å². The fraction of sp³-hybridized carbons (Fsp3) is 0.270. The molecule has 7 rings (SSSR count). The first kappa shape index (κ1) is 37.6. The molecule has 0 bridgehead atoms. The number of aromatic amines is 1. The number of nitrogens with one attached hydrogen (secondary N) is 3. The van der Waals surface area contributed by atoms with Gasteiger partial charge in [-0.3, -0.25) is 0 Å². The van der Waals surface area contributed by atoms with Crippen LogP contribution in [0, 0.1) is 0 Å². The van der Waals surface area contributed by atoms with Crippen LogP contribution in [0.15, 0.2) is 88.7 Å². The minimum Gasteiger partial charge on any atom is -0.497 e. The van der Waals surface area contributed by atoms with E-state index >= 15 is 0 Å². The topological polar surface area (TPSA) is 209 Å².